The van der Waals surface area contributed by atoms with Gasteiger partial charge in [-0.1, -0.05) is 26.0 Å². The zero-order valence-electron chi connectivity index (χ0n) is 10.2. The number of hydrogen-bond donors (Lipinski definition) is 1. The number of benzene rings is 1. The first-order chi connectivity index (χ1) is 7.55. The van der Waals surface area contributed by atoms with Crippen molar-refractivity contribution in [3.8, 4) is 5.75 Å². The summed E-state index contributed by atoms with van der Waals surface area (Å²) in [6.07, 6.45) is 1.77. The lowest BCUT2D eigenvalue weighted by molar-refractivity contribution is -0.0933. The zero-order valence-corrected chi connectivity index (χ0v) is 10.2. The van der Waals surface area contributed by atoms with E-state index in [9.17, 15) is 5.11 Å². The third-order valence-corrected chi connectivity index (χ3v) is 3.77. The summed E-state index contributed by atoms with van der Waals surface area (Å²) in [5.41, 5.74) is 0.423. The van der Waals surface area contributed by atoms with Gasteiger partial charge in [-0.05, 0) is 42.4 Å². The quantitative estimate of drug-likeness (QED) is 0.848. The fourth-order valence-electron chi connectivity index (χ4n) is 2.42. The van der Waals surface area contributed by atoms with Crippen molar-refractivity contribution in [2.45, 2.75) is 32.3 Å². The first-order valence-corrected chi connectivity index (χ1v) is 5.92. The summed E-state index contributed by atoms with van der Waals surface area (Å²) in [5.74, 6) is 2.16. The van der Waals surface area contributed by atoms with Gasteiger partial charge in [0.25, 0.3) is 0 Å². The van der Waals surface area contributed by atoms with Crippen LogP contribution in [0.25, 0.3) is 0 Å². The molecule has 0 atom stereocenters. The highest BCUT2D eigenvalue weighted by molar-refractivity contribution is 5.32. The Hall–Kier alpha value is -1.02. The predicted octanol–water partition coefficient (Wildman–Crippen LogP) is 2.95. The Bertz CT molecular complexity index is 348. The molecular formula is C14H20O2. The molecule has 0 aromatic heterocycles. The lowest BCUT2D eigenvalue weighted by Crippen LogP contribution is -2.43. The Morgan fingerprint density at radius 3 is 2.25 bits per heavy atom. The van der Waals surface area contributed by atoms with Gasteiger partial charge in [0.15, 0.2) is 0 Å². The molecule has 1 N–H and O–H groups in total. The standard InChI is InChI=1S/C14H20O2/c1-10(2)11-8-14(15,9-11)12-4-6-13(16-3)7-5-12/h4-7,10-11,15H,8-9H2,1-3H3. The number of rotatable bonds is 3. The second-order valence-corrected chi connectivity index (χ2v) is 5.17. The molecule has 2 rings (SSSR count). The Balaban J connectivity index is 2.08. The molecule has 0 amide bonds. The van der Waals surface area contributed by atoms with Crippen molar-refractivity contribution < 1.29 is 9.84 Å². The summed E-state index contributed by atoms with van der Waals surface area (Å²) in [6, 6.07) is 7.76. The normalized spacial score (nSPS) is 28.9. The highest BCUT2D eigenvalue weighted by Gasteiger charge is 2.44. The zero-order chi connectivity index (χ0) is 11.8. The molecule has 88 valence electrons. The van der Waals surface area contributed by atoms with Gasteiger partial charge in [-0.2, -0.15) is 0 Å². The molecule has 1 aromatic carbocycles. The van der Waals surface area contributed by atoms with Gasteiger partial charge in [-0.25, -0.2) is 0 Å². The third kappa shape index (κ3) is 1.94. The minimum Gasteiger partial charge on any atom is -0.497 e. The summed E-state index contributed by atoms with van der Waals surface area (Å²) in [5, 5.41) is 10.4. The van der Waals surface area contributed by atoms with E-state index in [-0.39, 0.29) is 0 Å². The summed E-state index contributed by atoms with van der Waals surface area (Å²) in [7, 11) is 1.65. The van der Waals surface area contributed by atoms with Gasteiger partial charge in [-0.3, -0.25) is 0 Å². The maximum Gasteiger partial charge on any atom is 0.118 e. The van der Waals surface area contributed by atoms with Crippen LogP contribution in [-0.4, -0.2) is 12.2 Å². The van der Waals surface area contributed by atoms with Crippen LogP contribution in [0.5, 0.6) is 5.75 Å². The van der Waals surface area contributed by atoms with Crippen LogP contribution < -0.4 is 4.74 Å². The molecule has 0 aliphatic heterocycles. The first kappa shape index (κ1) is 11.5. The molecule has 2 nitrogen and oxygen atoms in total. The van der Waals surface area contributed by atoms with Gasteiger partial charge in [-0.15, -0.1) is 0 Å². The summed E-state index contributed by atoms with van der Waals surface area (Å²) >= 11 is 0. The molecule has 1 saturated carbocycles. The number of aliphatic hydroxyl groups is 1. The van der Waals surface area contributed by atoms with Crippen LogP contribution in [0.2, 0.25) is 0 Å². The summed E-state index contributed by atoms with van der Waals surface area (Å²) in [4.78, 5) is 0. The molecule has 0 radical (unpaired) electrons. The third-order valence-electron chi connectivity index (χ3n) is 3.77. The van der Waals surface area contributed by atoms with Crippen LogP contribution in [0.4, 0.5) is 0 Å². The minimum atomic E-state index is -0.596. The van der Waals surface area contributed by atoms with Gasteiger partial charge in [0.2, 0.25) is 0 Å². The number of hydrogen-bond acceptors (Lipinski definition) is 2. The Kier molecular flexibility index (Phi) is 2.94. The van der Waals surface area contributed by atoms with Crippen molar-refractivity contribution in [2.24, 2.45) is 11.8 Å². The van der Waals surface area contributed by atoms with E-state index in [1.54, 1.807) is 7.11 Å². The van der Waals surface area contributed by atoms with E-state index in [1.165, 1.54) is 0 Å². The molecule has 16 heavy (non-hydrogen) atoms. The maximum absolute atomic E-state index is 10.4. The molecule has 1 fully saturated rings. The Labute approximate surface area is 97.3 Å². The van der Waals surface area contributed by atoms with Gasteiger partial charge in [0.1, 0.15) is 5.75 Å². The second-order valence-electron chi connectivity index (χ2n) is 5.17. The second kappa shape index (κ2) is 4.10. The topological polar surface area (TPSA) is 29.5 Å². The van der Waals surface area contributed by atoms with E-state index < -0.39 is 5.60 Å². The first-order valence-electron chi connectivity index (χ1n) is 5.92. The fourth-order valence-corrected chi connectivity index (χ4v) is 2.42. The molecule has 1 aliphatic carbocycles. The van der Waals surface area contributed by atoms with Crippen molar-refractivity contribution in [2.75, 3.05) is 7.11 Å². The van der Waals surface area contributed by atoms with Crippen molar-refractivity contribution in [3.05, 3.63) is 29.8 Å². The van der Waals surface area contributed by atoms with Crippen molar-refractivity contribution in [1.29, 1.82) is 0 Å². The van der Waals surface area contributed by atoms with Gasteiger partial charge >= 0.3 is 0 Å². The van der Waals surface area contributed by atoms with E-state index in [4.69, 9.17) is 4.74 Å². The Morgan fingerprint density at radius 1 is 1.25 bits per heavy atom. The molecule has 0 bridgehead atoms. The van der Waals surface area contributed by atoms with Gasteiger partial charge < -0.3 is 9.84 Å². The van der Waals surface area contributed by atoms with Crippen molar-refractivity contribution >= 4 is 0 Å². The van der Waals surface area contributed by atoms with Crippen molar-refractivity contribution in [3.63, 3.8) is 0 Å². The van der Waals surface area contributed by atoms with Crippen LogP contribution in [0.15, 0.2) is 24.3 Å². The van der Waals surface area contributed by atoms with E-state index in [0.717, 1.165) is 24.2 Å². The largest absolute Gasteiger partial charge is 0.497 e. The molecule has 0 saturated heterocycles. The van der Waals surface area contributed by atoms with E-state index >= 15 is 0 Å². The van der Waals surface area contributed by atoms with Crippen LogP contribution in [0, 0.1) is 11.8 Å². The monoisotopic (exact) mass is 220 g/mol. The van der Waals surface area contributed by atoms with Gasteiger partial charge in [0.05, 0.1) is 12.7 Å². The smallest absolute Gasteiger partial charge is 0.118 e. The molecule has 1 aromatic rings. The highest BCUT2D eigenvalue weighted by Crippen LogP contribution is 2.48. The maximum atomic E-state index is 10.4. The van der Waals surface area contributed by atoms with Crippen LogP contribution in [0.3, 0.4) is 0 Å². The molecular weight excluding hydrogens is 200 g/mol. The van der Waals surface area contributed by atoms with Crippen LogP contribution in [0.1, 0.15) is 32.3 Å². The summed E-state index contributed by atoms with van der Waals surface area (Å²) < 4.78 is 5.11. The Morgan fingerprint density at radius 2 is 1.81 bits per heavy atom. The lowest BCUT2D eigenvalue weighted by Gasteiger charge is -2.46. The molecule has 1 aliphatic rings. The highest BCUT2D eigenvalue weighted by atomic mass is 16.5. The van der Waals surface area contributed by atoms with E-state index in [2.05, 4.69) is 13.8 Å². The molecule has 0 spiro atoms. The number of methoxy groups -OCH3 is 1. The number of ether oxygens (including phenoxy) is 1. The van der Waals surface area contributed by atoms with Crippen LogP contribution >= 0.6 is 0 Å². The average Bonchev–Trinajstić information content (AvgIpc) is 2.24. The van der Waals surface area contributed by atoms with Crippen molar-refractivity contribution in [1.82, 2.24) is 0 Å². The fraction of sp³-hybridized carbons (Fsp3) is 0.571. The minimum absolute atomic E-state index is 0.596. The molecule has 0 heterocycles. The lowest BCUT2D eigenvalue weighted by atomic mass is 9.63. The SMILES string of the molecule is COc1ccc(C2(O)CC(C(C)C)C2)cc1. The van der Waals surface area contributed by atoms with Gasteiger partial charge in [0, 0.05) is 0 Å². The average molecular weight is 220 g/mol. The van der Waals surface area contributed by atoms with E-state index in [1.807, 2.05) is 24.3 Å². The molecule has 0 unspecified atom stereocenters. The van der Waals surface area contributed by atoms with E-state index in [0.29, 0.717) is 11.8 Å². The predicted molar refractivity (Wildman–Crippen MR) is 64.5 cm³/mol. The molecule has 2 heteroatoms. The van der Waals surface area contributed by atoms with Crippen LogP contribution in [-0.2, 0) is 5.60 Å². The summed E-state index contributed by atoms with van der Waals surface area (Å²) in [6.45, 7) is 4.44.